The van der Waals surface area contributed by atoms with Gasteiger partial charge in [-0.05, 0) is 30.7 Å². The van der Waals surface area contributed by atoms with Crippen LogP contribution in [-0.2, 0) is 6.54 Å². The first-order chi connectivity index (χ1) is 10.3. The normalized spacial score (nSPS) is 11.3. The van der Waals surface area contributed by atoms with Gasteiger partial charge in [0.15, 0.2) is 5.43 Å². The summed E-state index contributed by atoms with van der Waals surface area (Å²) in [5.41, 5.74) is 2.25. The zero-order chi connectivity index (χ0) is 14.7. The van der Waals surface area contributed by atoms with E-state index in [1.807, 2.05) is 36.4 Å². The van der Waals surface area contributed by atoms with E-state index in [9.17, 15) is 4.79 Å². The fourth-order valence-corrected chi connectivity index (χ4v) is 3.01. The molecule has 0 fully saturated rings. The number of unbranched alkanes of at least 4 members (excludes halogenated alkanes) is 3. The topological polar surface area (TPSA) is 22.0 Å². The van der Waals surface area contributed by atoms with Crippen molar-refractivity contribution in [3.8, 4) is 0 Å². The van der Waals surface area contributed by atoms with Crippen LogP contribution >= 0.6 is 0 Å². The molecule has 3 rings (SSSR count). The molecule has 108 valence electrons. The number of aromatic nitrogens is 1. The van der Waals surface area contributed by atoms with Crippen LogP contribution in [0, 0.1) is 0 Å². The minimum Gasteiger partial charge on any atom is -0.340 e. The largest absolute Gasteiger partial charge is 0.340 e. The number of fused-ring (bicyclic) bond motifs is 2. The molecule has 0 bridgehead atoms. The first-order valence-corrected chi connectivity index (χ1v) is 7.83. The molecule has 21 heavy (non-hydrogen) atoms. The van der Waals surface area contributed by atoms with Gasteiger partial charge in [0.2, 0.25) is 0 Å². The molecule has 1 aromatic heterocycles. The Kier molecular flexibility index (Phi) is 4.05. The van der Waals surface area contributed by atoms with Gasteiger partial charge in [-0.2, -0.15) is 0 Å². The second-order valence-electron chi connectivity index (χ2n) is 5.58. The monoisotopic (exact) mass is 279 g/mol. The van der Waals surface area contributed by atoms with E-state index in [4.69, 9.17) is 0 Å². The van der Waals surface area contributed by atoms with Crippen molar-refractivity contribution in [2.45, 2.75) is 39.2 Å². The van der Waals surface area contributed by atoms with E-state index in [0.717, 1.165) is 34.8 Å². The predicted molar refractivity (Wildman–Crippen MR) is 89.9 cm³/mol. The molecule has 2 aromatic carbocycles. The summed E-state index contributed by atoms with van der Waals surface area (Å²) in [4.78, 5) is 12.6. The summed E-state index contributed by atoms with van der Waals surface area (Å²) in [6.45, 7) is 3.20. The summed E-state index contributed by atoms with van der Waals surface area (Å²) < 4.78 is 2.31. The Morgan fingerprint density at radius 3 is 1.95 bits per heavy atom. The lowest BCUT2D eigenvalue weighted by Crippen LogP contribution is -2.11. The summed E-state index contributed by atoms with van der Waals surface area (Å²) in [5, 5.41) is 1.65. The molecular weight excluding hydrogens is 258 g/mol. The first kappa shape index (κ1) is 13.9. The van der Waals surface area contributed by atoms with Crippen molar-refractivity contribution in [2.75, 3.05) is 0 Å². The molecule has 0 aliphatic rings. The molecule has 0 saturated heterocycles. The van der Waals surface area contributed by atoms with E-state index in [2.05, 4.69) is 23.6 Å². The Bertz CT molecular complexity index is 757. The van der Waals surface area contributed by atoms with Gasteiger partial charge >= 0.3 is 0 Å². The first-order valence-electron chi connectivity index (χ1n) is 7.83. The molecule has 1 heterocycles. The maximum atomic E-state index is 12.6. The van der Waals surface area contributed by atoms with E-state index in [0.29, 0.717) is 0 Å². The van der Waals surface area contributed by atoms with Gasteiger partial charge in [-0.25, -0.2) is 0 Å². The zero-order valence-corrected chi connectivity index (χ0v) is 12.5. The number of pyridine rings is 1. The quantitative estimate of drug-likeness (QED) is 0.488. The molecular formula is C19H21NO. The highest BCUT2D eigenvalue weighted by Crippen LogP contribution is 2.20. The fraction of sp³-hybridized carbons (Fsp3) is 0.316. The van der Waals surface area contributed by atoms with Crippen LogP contribution in [0.5, 0.6) is 0 Å². The second kappa shape index (κ2) is 6.13. The molecule has 0 spiro atoms. The molecule has 0 radical (unpaired) electrons. The Hall–Kier alpha value is -2.09. The van der Waals surface area contributed by atoms with Crippen LogP contribution in [0.3, 0.4) is 0 Å². The zero-order valence-electron chi connectivity index (χ0n) is 12.5. The summed E-state index contributed by atoms with van der Waals surface area (Å²) in [5.74, 6) is 0. The third kappa shape index (κ3) is 2.58. The maximum Gasteiger partial charge on any atom is 0.197 e. The van der Waals surface area contributed by atoms with Crippen molar-refractivity contribution < 1.29 is 0 Å². The molecule has 0 aliphatic heterocycles. The lowest BCUT2D eigenvalue weighted by Gasteiger charge is -2.15. The predicted octanol–water partition coefficient (Wildman–Crippen LogP) is 4.74. The average molecular weight is 279 g/mol. The van der Waals surface area contributed by atoms with E-state index >= 15 is 0 Å². The van der Waals surface area contributed by atoms with Crippen molar-refractivity contribution >= 4 is 21.8 Å². The Morgan fingerprint density at radius 1 is 0.810 bits per heavy atom. The second-order valence-corrected chi connectivity index (χ2v) is 5.58. The van der Waals surface area contributed by atoms with Gasteiger partial charge in [-0.1, -0.05) is 50.5 Å². The van der Waals surface area contributed by atoms with Gasteiger partial charge in [0.05, 0.1) is 11.0 Å². The van der Waals surface area contributed by atoms with Crippen LogP contribution in [-0.4, -0.2) is 4.57 Å². The minimum absolute atomic E-state index is 0.144. The molecule has 0 saturated carbocycles. The Morgan fingerprint density at radius 2 is 1.38 bits per heavy atom. The molecule has 0 unspecified atom stereocenters. The highest BCUT2D eigenvalue weighted by molar-refractivity contribution is 5.93. The molecule has 0 atom stereocenters. The van der Waals surface area contributed by atoms with Crippen molar-refractivity contribution in [1.29, 1.82) is 0 Å². The van der Waals surface area contributed by atoms with Crippen LogP contribution in [0.15, 0.2) is 53.3 Å². The van der Waals surface area contributed by atoms with Crippen LogP contribution < -0.4 is 5.43 Å². The van der Waals surface area contributed by atoms with Crippen molar-refractivity contribution in [3.63, 3.8) is 0 Å². The summed E-state index contributed by atoms with van der Waals surface area (Å²) >= 11 is 0. The maximum absolute atomic E-state index is 12.6. The van der Waals surface area contributed by atoms with Crippen molar-refractivity contribution in [2.24, 2.45) is 0 Å². The third-order valence-electron chi connectivity index (χ3n) is 4.11. The smallest absolute Gasteiger partial charge is 0.197 e. The summed E-state index contributed by atoms with van der Waals surface area (Å²) in [7, 11) is 0. The number of para-hydroxylation sites is 2. The van der Waals surface area contributed by atoms with Crippen LogP contribution in [0.1, 0.15) is 32.6 Å². The fourth-order valence-electron chi connectivity index (χ4n) is 3.01. The summed E-state index contributed by atoms with van der Waals surface area (Å²) in [6.07, 6.45) is 4.91. The van der Waals surface area contributed by atoms with Gasteiger partial charge in [0.1, 0.15) is 0 Å². The van der Waals surface area contributed by atoms with Crippen LogP contribution in [0.2, 0.25) is 0 Å². The van der Waals surface area contributed by atoms with Gasteiger partial charge in [-0.3, -0.25) is 4.79 Å². The van der Waals surface area contributed by atoms with E-state index in [1.54, 1.807) is 0 Å². The van der Waals surface area contributed by atoms with Gasteiger partial charge in [0.25, 0.3) is 0 Å². The lowest BCUT2D eigenvalue weighted by molar-refractivity contribution is 0.601. The molecule has 0 aliphatic carbocycles. The van der Waals surface area contributed by atoms with Crippen LogP contribution in [0.25, 0.3) is 21.8 Å². The van der Waals surface area contributed by atoms with Gasteiger partial charge in [-0.15, -0.1) is 0 Å². The number of aryl methyl sites for hydroxylation is 1. The van der Waals surface area contributed by atoms with E-state index < -0.39 is 0 Å². The number of hydrogen-bond acceptors (Lipinski definition) is 1. The Labute approximate surface area is 125 Å². The van der Waals surface area contributed by atoms with Gasteiger partial charge in [0, 0.05) is 17.3 Å². The molecule has 2 nitrogen and oxygen atoms in total. The molecule has 0 N–H and O–H groups in total. The molecule has 2 heteroatoms. The summed E-state index contributed by atoms with van der Waals surface area (Å²) in [6, 6.07) is 15.9. The number of hydrogen-bond donors (Lipinski definition) is 0. The number of benzene rings is 2. The SMILES string of the molecule is CCCCCCn1c2ccccc2c(=O)c2ccccc21. The third-order valence-corrected chi connectivity index (χ3v) is 4.11. The van der Waals surface area contributed by atoms with Crippen LogP contribution in [0.4, 0.5) is 0 Å². The standard InChI is InChI=1S/C19H21NO/c1-2-3-4-9-14-20-17-12-7-5-10-15(17)19(21)16-11-6-8-13-18(16)20/h5-8,10-13H,2-4,9,14H2,1H3. The highest BCUT2D eigenvalue weighted by atomic mass is 16.1. The highest BCUT2D eigenvalue weighted by Gasteiger charge is 2.09. The number of rotatable bonds is 5. The average Bonchev–Trinajstić information content (AvgIpc) is 2.54. The minimum atomic E-state index is 0.144. The molecule has 3 aromatic rings. The molecule has 0 amide bonds. The van der Waals surface area contributed by atoms with Crippen molar-refractivity contribution in [3.05, 3.63) is 58.8 Å². The van der Waals surface area contributed by atoms with Gasteiger partial charge < -0.3 is 4.57 Å². The Balaban J connectivity index is 2.18. The lowest BCUT2D eigenvalue weighted by atomic mass is 10.1. The van der Waals surface area contributed by atoms with E-state index in [1.165, 1.54) is 19.3 Å². The van der Waals surface area contributed by atoms with Crippen molar-refractivity contribution in [1.82, 2.24) is 4.57 Å². The van der Waals surface area contributed by atoms with E-state index in [-0.39, 0.29) is 5.43 Å². The number of nitrogens with zero attached hydrogens (tertiary/aromatic N) is 1.